The molecule has 146 valence electrons. The average Bonchev–Trinajstić information content (AvgIpc) is 2.75. The van der Waals surface area contributed by atoms with Crippen LogP contribution in [0.15, 0.2) is 73.2 Å². The maximum Gasteiger partial charge on any atom is 0.147 e. The lowest BCUT2D eigenvalue weighted by atomic mass is 9.96. The first kappa shape index (κ1) is 19.0. The molecule has 29 heavy (non-hydrogen) atoms. The molecule has 0 spiro atoms. The van der Waals surface area contributed by atoms with Crippen LogP contribution in [0.3, 0.4) is 0 Å². The molecule has 0 bridgehead atoms. The van der Waals surface area contributed by atoms with E-state index in [2.05, 4.69) is 15.3 Å². The Labute approximate surface area is 174 Å². The Bertz CT molecular complexity index is 1120. The summed E-state index contributed by atoms with van der Waals surface area (Å²) in [6.07, 6.45) is 5.06. The molecule has 4 rings (SSSR count). The van der Waals surface area contributed by atoms with Crippen LogP contribution < -0.4 is 10.1 Å². The normalized spacial score (nSPS) is 11.9. The summed E-state index contributed by atoms with van der Waals surface area (Å²) in [5.41, 5.74) is 2.97. The summed E-state index contributed by atoms with van der Waals surface area (Å²) in [7, 11) is 0. The van der Waals surface area contributed by atoms with Gasteiger partial charge >= 0.3 is 0 Å². The van der Waals surface area contributed by atoms with Gasteiger partial charge in [-0.2, -0.15) is 0 Å². The van der Waals surface area contributed by atoms with Crippen LogP contribution in [-0.4, -0.2) is 21.7 Å². The largest absolute Gasteiger partial charge is 0.505 e. The van der Waals surface area contributed by atoms with E-state index in [0.717, 1.165) is 17.0 Å². The molecule has 0 aliphatic heterocycles. The minimum atomic E-state index is -0.319. The van der Waals surface area contributed by atoms with E-state index in [1.807, 2.05) is 55.5 Å². The summed E-state index contributed by atoms with van der Waals surface area (Å²) < 4.78 is 5.55. The van der Waals surface area contributed by atoms with E-state index in [4.69, 9.17) is 16.3 Å². The number of aromatic hydroxyl groups is 1. The monoisotopic (exact) mass is 405 g/mol. The van der Waals surface area contributed by atoms with Crippen molar-refractivity contribution in [3.8, 4) is 11.5 Å². The molecule has 6 heteroatoms. The summed E-state index contributed by atoms with van der Waals surface area (Å²) in [6.45, 7) is 2.56. The lowest BCUT2D eigenvalue weighted by Gasteiger charge is -2.22. The Morgan fingerprint density at radius 1 is 1.07 bits per heavy atom. The second-order valence-electron chi connectivity index (χ2n) is 6.51. The molecule has 0 saturated carbocycles. The molecule has 0 radical (unpaired) electrons. The number of anilines is 1. The SMILES string of the molecule is CCOc1ccc(C(Nc2cccnc2)c2ccc3c(Cl)ccnc3c2O)cc1. The Balaban J connectivity index is 1.81. The second-order valence-corrected chi connectivity index (χ2v) is 6.92. The molecule has 0 aliphatic rings. The lowest BCUT2D eigenvalue weighted by molar-refractivity contribution is 0.340. The van der Waals surface area contributed by atoms with E-state index in [0.29, 0.717) is 28.1 Å². The molecule has 5 nitrogen and oxygen atoms in total. The molecule has 0 fully saturated rings. The number of nitrogens with zero attached hydrogens (tertiary/aromatic N) is 2. The van der Waals surface area contributed by atoms with Crippen LogP contribution in [0.5, 0.6) is 11.5 Å². The molecule has 2 N–H and O–H groups in total. The summed E-state index contributed by atoms with van der Waals surface area (Å²) in [5, 5.41) is 15.7. The lowest BCUT2D eigenvalue weighted by Crippen LogP contribution is -2.13. The van der Waals surface area contributed by atoms with Crippen LogP contribution in [0.2, 0.25) is 5.02 Å². The van der Waals surface area contributed by atoms with E-state index in [9.17, 15) is 5.11 Å². The minimum absolute atomic E-state index is 0.0975. The van der Waals surface area contributed by atoms with Crippen LogP contribution in [0.25, 0.3) is 10.9 Å². The number of rotatable bonds is 6. The highest BCUT2D eigenvalue weighted by molar-refractivity contribution is 6.35. The number of pyridine rings is 2. The second kappa shape index (κ2) is 8.37. The van der Waals surface area contributed by atoms with Gasteiger partial charge in [0.2, 0.25) is 0 Å². The molecule has 4 aromatic rings. The molecular formula is C23H20ClN3O2. The number of nitrogens with one attached hydrogen (secondary N) is 1. The Hall–Kier alpha value is -3.31. The van der Waals surface area contributed by atoms with Gasteiger partial charge in [-0.3, -0.25) is 9.97 Å². The topological polar surface area (TPSA) is 67.3 Å². The molecule has 0 amide bonds. The van der Waals surface area contributed by atoms with Gasteiger partial charge in [0.15, 0.2) is 0 Å². The number of phenolic OH excluding ortho intramolecular Hbond substituents is 1. The van der Waals surface area contributed by atoms with Crippen molar-refractivity contribution in [1.29, 1.82) is 0 Å². The molecule has 2 aromatic heterocycles. The number of halogens is 1. The number of phenols is 1. The number of benzene rings is 2. The van der Waals surface area contributed by atoms with Crippen LogP contribution in [0.4, 0.5) is 5.69 Å². The van der Waals surface area contributed by atoms with Gasteiger partial charge in [0.05, 0.1) is 23.4 Å². The molecule has 0 aliphatic carbocycles. The third-order valence-electron chi connectivity index (χ3n) is 4.67. The van der Waals surface area contributed by atoms with Gasteiger partial charge in [-0.15, -0.1) is 0 Å². The smallest absolute Gasteiger partial charge is 0.147 e. The quantitative estimate of drug-likeness (QED) is 0.437. The highest BCUT2D eigenvalue weighted by Crippen LogP contribution is 2.38. The first-order chi connectivity index (χ1) is 14.2. The van der Waals surface area contributed by atoms with Crippen molar-refractivity contribution in [3.05, 3.63) is 89.3 Å². The van der Waals surface area contributed by atoms with E-state index in [-0.39, 0.29) is 11.8 Å². The third-order valence-corrected chi connectivity index (χ3v) is 5.00. The summed E-state index contributed by atoms with van der Waals surface area (Å²) >= 11 is 6.27. The highest BCUT2D eigenvalue weighted by Gasteiger charge is 2.21. The van der Waals surface area contributed by atoms with Gasteiger partial charge in [0.25, 0.3) is 0 Å². The highest BCUT2D eigenvalue weighted by atomic mass is 35.5. The minimum Gasteiger partial charge on any atom is -0.505 e. The average molecular weight is 406 g/mol. The fraction of sp³-hybridized carbons (Fsp3) is 0.130. The fourth-order valence-corrected chi connectivity index (χ4v) is 3.51. The molecule has 2 aromatic carbocycles. The van der Waals surface area contributed by atoms with Crippen molar-refractivity contribution in [3.63, 3.8) is 0 Å². The molecular weight excluding hydrogens is 386 g/mol. The Morgan fingerprint density at radius 2 is 1.90 bits per heavy atom. The maximum atomic E-state index is 11.0. The zero-order valence-corrected chi connectivity index (χ0v) is 16.6. The van der Waals surface area contributed by atoms with Crippen molar-refractivity contribution in [2.24, 2.45) is 0 Å². The van der Waals surface area contributed by atoms with E-state index in [1.165, 1.54) is 0 Å². The van der Waals surface area contributed by atoms with Crippen LogP contribution in [-0.2, 0) is 0 Å². The van der Waals surface area contributed by atoms with Gasteiger partial charge in [-0.25, -0.2) is 0 Å². The first-order valence-corrected chi connectivity index (χ1v) is 9.70. The van der Waals surface area contributed by atoms with Crippen LogP contribution in [0, 0.1) is 0 Å². The fourth-order valence-electron chi connectivity index (χ4n) is 3.30. The zero-order chi connectivity index (χ0) is 20.2. The standard InChI is InChI=1S/C23H20ClN3O2/c1-2-29-17-7-5-15(6-8-17)21(27-16-4-3-12-25-14-16)19-10-9-18-20(24)11-13-26-22(18)23(19)28/h3-14,21,27-28H,2H2,1H3. The van der Waals surface area contributed by atoms with Gasteiger partial charge in [-0.1, -0.05) is 35.9 Å². The third kappa shape index (κ3) is 3.96. The predicted octanol–water partition coefficient (Wildman–Crippen LogP) is 5.59. The maximum absolute atomic E-state index is 11.0. The number of aromatic nitrogens is 2. The van der Waals surface area contributed by atoms with Crippen LogP contribution in [0.1, 0.15) is 24.1 Å². The van der Waals surface area contributed by atoms with Crippen molar-refractivity contribution < 1.29 is 9.84 Å². The number of ether oxygens (including phenoxy) is 1. The van der Waals surface area contributed by atoms with Gasteiger partial charge in [-0.05, 0) is 42.8 Å². The van der Waals surface area contributed by atoms with E-state index >= 15 is 0 Å². The summed E-state index contributed by atoms with van der Waals surface area (Å²) in [5.74, 6) is 0.896. The number of hydrogen-bond donors (Lipinski definition) is 2. The van der Waals surface area contributed by atoms with Crippen molar-refractivity contribution in [2.75, 3.05) is 11.9 Å². The van der Waals surface area contributed by atoms with Crippen molar-refractivity contribution in [1.82, 2.24) is 9.97 Å². The molecule has 1 atom stereocenters. The summed E-state index contributed by atoms with van der Waals surface area (Å²) in [6, 6.07) is 16.7. The Kier molecular flexibility index (Phi) is 5.49. The van der Waals surface area contributed by atoms with Gasteiger partial charge in [0.1, 0.15) is 17.0 Å². The predicted molar refractivity (Wildman–Crippen MR) is 116 cm³/mol. The zero-order valence-electron chi connectivity index (χ0n) is 15.8. The van der Waals surface area contributed by atoms with Crippen LogP contribution >= 0.6 is 11.6 Å². The molecule has 0 saturated heterocycles. The number of fused-ring (bicyclic) bond motifs is 1. The van der Waals surface area contributed by atoms with Crippen molar-refractivity contribution >= 4 is 28.2 Å². The number of hydrogen-bond acceptors (Lipinski definition) is 5. The van der Waals surface area contributed by atoms with E-state index < -0.39 is 0 Å². The van der Waals surface area contributed by atoms with E-state index in [1.54, 1.807) is 24.7 Å². The van der Waals surface area contributed by atoms with Gasteiger partial charge < -0.3 is 15.2 Å². The van der Waals surface area contributed by atoms with Crippen molar-refractivity contribution in [2.45, 2.75) is 13.0 Å². The molecule has 1 unspecified atom stereocenters. The summed E-state index contributed by atoms with van der Waals surface area (Å²) in [4.78, 5) is 8.50. The van der Waals surface area contributed by atoms with Gasteiger partial charge in [0, 0.05) is 29.5 Å². The Morgan fingerprint density at radius 3 is 2.62 bits per heavy atom. The molecule has 2 heterocycles. The first-order valence-electron chi connectivity index (χ1n) is 9.32.